The van der Waals surface area contributed by atoms with Crippen LogP contribution in [0.15, 0.2) is 36.4 Å². The predicted octanol–water partition coefficient (Wildman–Crippen LogP) is 2.72. The zero-order valence-corrected chi connectivity index (χ0v) is 10.1. The number of halogens is 1. The third kappa shape index (κ3) is 3.65. The molecule has 1 aliphatic rings. The van der Waals surface area contributed by atoms with Gasteiger partial charge in [-0.15, -0.1) is 0 Å². The summed E-state index contributed by atoms with van der Waals surface area (Å²) in [5.41, 5.74) is 1.17. The summed E-state index contributed by atoms with van der Waals surface area (Å²) in [6.45, 7) is 3.71. The Hall–Kier alpha value is -1.19. The van der Waals surface area contributed by atoms with Crippen LogP contribution < -0.4 is 0 Å². The highest BCUT2D eigenvalue weighted by molar-refractivity contribution is 5.49. The van der Waals surface area contributed by atoms with E-state index >= 15 is 0 Å². The summed E-state index contributed by atoms with van der Waals surface area (Å²) in [6.07, 6.45) is 3.04. The van der Waals surface area contributed by atoms with E-state index in [2.05, 4.69) is 36.1 Å². The van der Waals surface area contributed by atoms with Gasteiger partial charge in [0.15, 0.2) is 0 Å². The number of rotatable bonds is 3. The van der Waals surface area contributed by atoms with E-state index in [0.717, 1.165) is 6.54 Å². The van der Waals surface area contributed by atoms with E-state index in [-0.39, 0.29) is 6.04 Å². The lowest BCUT2D eigenvalue weighted by Gasteiger charge is -2.32. The molecule has 1 saturated heterocycles. The van der Waals surface area contributed by atoms with Gasteiger partial charge in [0, 0.05) is 12.6 Å². The minimum atomic E-state index is -1.14. The summed E-state index contributed by atoms with van der Waals surface area (Å²) in [6, 6.07) is 10.4. The maximum absolute atomic E-state index is 13.1. The first kappa shape index (κ1) is 12.3. The SMILES string of the molecule is CC(C=Cc1ccccc1)N1CCOC(F)C1. The third-order valence-corrected chi connectivity index (χ3v) is 3.00. The number of alkyl halides is 1. The molecule has 1 fully saturated rings. The summed E-state index contributed by atoms with van der Waals surface area (Å²) >= 11 is 0. The fourth-order valence-electron chi connectivity index (χ4n) is 1.93. The van der Waals surface area contributed by atoms with Gasteiger partial charge >= 0.3 is 0 Å². The average Bonchev–Trinajstić information content (AvgIpc) is 2.37. The zero-order valence-electron chi connectivity index (χ0n) is 10.1. The number of ether oxygens (including phenoxy) is 1. The van der Waals surface area contributed by atoms with E-state index in [1.807, 2.05) is 18.2 Å². The Morgan fingerprint density at radius 3 is 2.88 bits per heavy atom. The van der Waals surface area contributed by atoms with E-state index in [4.69, 9.17) is 4.74 Å². The summed E-state index contributed by atoms with van der Waals surface area (Å²) in [5, 5.41) is 0. The van der Waals surface area contributed by atoms with Crippen LogP contribution >= 0.6 is 0 Å². The maximum atomic E-state index is 13.1. The molecule has 0 radical (unpaired) electrons. The Kier molecular flexibility index (Phi) is 4.29. The Bertz CT molecular complexity index is 366. The van der Waals surface area contributed by atoms with Gasteiger partial charge in [-0.1, -0.05) is 42.5 Å². The minimum Gasteiger partial charge on any atom is -0.346 e. The molecule has 0 bridgehead atoms. The van der Waals surface area contributed by atoms with Crippen molar-refractivity contribution >= 4 is 6.08 Å². The molecular weight excluding hydrogens is 217 g/mol. The average molecular weight is 235 g/mol. The Labute approximate surface area is 102 Å². The number of morpholine rings is 1. The van der Waals surface area contributed by atoms with Gasteiger partial charge in [0.05, 0.1) is 13.2 Å². The molecule has 2 atom stereocenters. The van der Waals surface area contributed by atoms with E-state index in [0.29, 0.717) is 13.2 Å². The predicted molar refractivity (Wildman–Crippen MR) is 67.4 cm³/mol. The Balaban J connectivity index is 1.92. The Morgan fingerprint density at radius 1 is 1.41 bits per heavy atom. The van der Waals surface area contributed by atoms with E-state index in [1.165, 1.54) is 5.56 Å². The van der Waals surface area contributed by atoms with E-state index < -0.39 is 6.36 Å². The van der Waals surface area contributed by atoms with Crippen molar-refractivity contribution < 1.29 is 9.13 Å². The zero-order chi connectivity index (χ0) is 12.1. The maximum Gasteiger partial charge on any atom is 0.211 e. The van der Waals surface area contributed by atoms with Crippen molar-refractivity contribution in [3.63, 3.8) is 0 Å². The minimum absolute atomic E-state index is 0.234. The van der Waals surface area contributed by atoms with Crippen LogP contribution in [-0.4, -0.2) is 37.0 Å². The summed E-state index contributed by atoms with van der Waals surface area (Å²) in [7, 11) is 0. The topological polar surface area (TPSA) is 12.5 Å². The van der Waals surface area contributed by atoms with Gasteiger partial charge in [-0.05, 0) is 12.5 Å². The molecule has 2 nitrogen and oxygen atoms in total. The molecule has 2 rings (SSSR count). The summed E-state index contributed by atoms with van der Waals surface area (Å²) in [4.78, 5) is 2.09. The number of hydrogen-bond acceptors (Lipinski definition) is 2. The molecule has 0 aromatic heterocycles. The van der Waals surface area contributed by atoms with Crippen molar-refractivity contribution in [2.75, 3.05) is 19.7 Å². The fraction of sp³-hybridized carbons (Fsp3) is 0.429. The number of benzene rings is 1. The van der Waals surface area contributed by atoms with Crippen LogP contribution in [-0.2, 0) is 4.74 Å². The molecule has 92 valence electrons. The Morgan fingerprint density at radius 2 is 2.18 bits per heavy atom. The van der Waals surface area contributed by atoms with Gasteiger partial charge in [-0.3, -0.25) is 4.90 Å². The molecule has 1 aromatic carbocycles. The third-order valence-electron chi connectivity index (χ3n) is 3.00. The lowest BCUT2D eigenvalue weighted by atomic mass is 10.1. The smallest absolute Gasteiger partial charge is 0.211 e. The van der Waals surface area contributed by atoms with Gasteiger partial charge in [0.1, 0.15) is 0 Å². The lowest BCUT2D eigenvalue weighted by Crippen LogP contribution is -2.44. The van der Waals surface area contributed by atoms with Crippen LogP contribution in [0.25, 0.3) is 6.08 Å². The second kappa shape index (κ2) is 5.94. The highest BCUT2D eigenvalue weighted by Crippen LogP contribution is 2.12. The van der Waals surface area contributed by atoms with Crippen LogP contribution in [0, 0.1) is 0 Å². The highest BCUT2D eigenvalue weighted by atomic mass is 19.1. The van der Waals surface area contributed by atoms with Crippen LogP contribution in [0.4, 0.5) is 4.39 Å². The normalized spacial score (nSPS) is 24.0. The summed E-state index contributed by atoms with van der Waals surface area (Å²) < 4.78 is 18.0. The molecular formula is C14H18FNO. The van der Waals surface area contributed by atoms with Crippen molar-refractivity contribution in [3.8, 4) is 0 Å². The van der Waals surface area contributed by atoms with Gasteiger partial charge in [-0.2, -0.15) is 0 Å². The largest absolute Gasteiger partial charge is 0.346 e. The fourth-order valence-corrected chi connectivity index (χ4v) is 1.93. The van der Waals surface area contributed by atoms with Crippen molar-refractivity contribution in [2.24, 2.45) is 0 Å². The first-order chi connectivity index (χ1) is 8.25. The molecule has 17 heavy (non-hydrogen) atoms. The van der Waals surface area contributed by atoms with Crippen molar-refractivity contribution in [3.05, 3.63) is 42.0 Å². The molecule has 1 heterocycles. The van der Waals surface area contributed by atoms with Crippen molar-refractivity contribution in [1.82, 2.24) is 4.90 Å². The van der Waals surface area contributed by atoms with Gasteiger partial charge < -0.3 is 4.74 Å². The molecule has 0 saturated carbocycles. The molecule has 0 spiro atoms. The molecule has 0 N–H and O–H groups in total. The van der Waals surface area contributed by atoms with E-state index in [9.17, 15) is 4.39 Å². The molecule has 0 amide bonds. The first-order valence-electron chi connectivity index (χ1n) is 5.98. The van der Waals surface area contributed by atoms with Gasteiger partial charge in [0.25, 0.3) is 0 Å². The molecule has 1 aromatic rings. The second-order valence-electron chi connectivity index (χ2n) is 4.29. The molecule has 0 aliphatic carbocycles. The van der Waals surface area contributed by atoms with Crippen molar-refractivity contribution in [2.45, 2.75) is 19.3 Å². The van der Waals surface area contributed by atoms with E-state index in [1.54, 1.807) is 0 Å². The van der Waals surface area contributed by atoms with Crippen molar-refractivity contribution in [1.29, 1.82) is 0 Å². The molecule has 2 unspecified atom stereocenters. The van der Waals surface area contributed by atoms with Crippen LogP contribution in [0.5, 0.6) is 0 Å². The summed E-state index contributed by atoms with van der Waals surface area (Å²) in [5.74, 6) is 0. The van der Waals surface area contributed by atoms with Crippen LogP contribution in [0.2, 0.25) is 0 Å². The molecule has 3 heteroatoms. The van der Waals surface area contributed by atoms with Crippen LogP contribution in [0.1, 0.15) is 12.5 Å². The lowest BCUT2D eigenvalue weighted by molar-refractivity contribution is -0.102. The second-order valence-corrected chi connectivity index (χ2v) is 4.29. The first-order valence-corrected chi connectivity index (χ1v) is 5.98. The van der Waals surface area contributed by atoms with Crippen LogP contribution in [0.3, 0.4) is 0 Å². The molecule has 1 aliphatic heterocycles. The standard InChI is InChI=1S/C14H18FNO/c1-12(16-9-10-17-14(15)11-16)7-8-13-5-3-2-4-6-13/h2-8,12,14H,9-11H2,1H3. The van der Waals surface area contributed by atoms with Gasteiger partial charge in [-0.25, -0.2) is 4.39 Å². The highest BCUT2D eigenvalue weighted by Gasteiger charge is 2.21. The number of hydrogen-bond donors (Lipinski definition) is 0. The quantitative estimate of drug-likeness (QED) is 0.798. The monoisotopic (exact) mass is 235 g/mol. The number of nitrogens with zero attached hydrogens (tertiary/aromatic N) is 1. The van der Waals surface area contributed by atoms with Gasteiger partial charge in [0.2, 0.25) is 6.36 Å².